The Morgan fingerprint density at radius 2 is 1.81 bits per heavy atom. The lowest BCUT2D eigenvalue weighted by Gasteiger charge is -2.18. The third kappa shape index (κ3) is 3.22. The normalized spacial score (nSPS) is 10.8. The summed E-state index contributed by atoms with van der Waals surface area (Å²) in [7, 11) is 1.64. The minimum Gasteiger partial charge on any atom is -0.496 e. The molecule has 0 bridgehead atoms. The molecular weight excluding hydrogens is 203 g/mol. The van der Waals surface area contributed by atoms with E-state index < -0.39 is 0 Å². The number of halogens is 1. The lowest BCUT2D eigenvalue weighted by molar-refractivity contribution is 0.399. The summed E-state index contributed by atoms with van der Waals surface area (Å²) in [6.07, 6.45) is 4.41. The van der Waals surface area contributed by atoms with Crippen LogP contribution in [0.3, 0.4) is 0 Å². The van der Waals surface area contributed by atoms with Crippen LogP contribution in [0.5, 0.6) is 5.75 Å². The van der Waals surface area contributed by atoms with Gasteiger partial charge in [-0.25, -0.2) is 4.39 Å². The van der Waals surface area contributed by atoms with E-state index in [1.165, 1.54) is 6.07 Å². The van der Waals surface area contributed by atoms with Gasteiger partial charge in [-0.3, -0.25) is 0 Å². The van der Waals surface area contributed by atoms with E-state index in [-0.39, 0.29) is 5.82 Å². The first-order chi connectivity index (χ1) is 7.72. The quantitative estimate of drug-likeness (QED) is 0.690. The Morgan fingerprint density at radius 1 is 1.19 bits per heavy atom. The van der Waals surface area contributed by atoms with Crippen LogP contribution in [0.25, 0.3) is 0 Å². The maximum atomic E-state index is 13.3. The molecule has 0 aliphatic carbocycles. The SMILES string of the molecule is CCCC(CCC)c1cc(F)ccc1OC. The number of rotatable bonds is 6. The van der Waals surface area contributed by atoms with Crippen molar-refractivity contribution >= 4 is 0 Å². The molecule has 0 atom stereocenters. The van der Waals surface area contributed by atoms with Gasteiger partial charge in [0.2, 0.25) is 0 Å². The average Bonchev–Trinajstić information content (AvgIpc) is 2.29. The largest absolute Gasteiger partial charge is 0.496 e. The van der Waals surface area contributed by atoms with Gasteiger partial charge in [-0.05, 0) is 37.0 Å². The molecule has 0 aliphatic rings. The summed E-state index contributed by atoms with van der Waals surface area (Å²) in [5.41, 5.74) is 1.02. The van der Waals surface area contributed by atoms with Crippen molar-refractivity contribution in [2.45, 2.75) is 45.4 Å². The van der Waals surface area contributed by atoms with Crippen LogP contribution in [-0.2, 0) is 0 Å². The van der Waals surface area contributed by atoms with Gasteiger partial charge in [0.1, 0.15) is 11.6 Å². The molecule has 1 aromatic rings. The number of ether oxygens (including phenoxy) is 1. The monoisotopic (exact) mass is 224 g/mol. The lowest BCUT2D eigenvalue weighted by atomic mass is 9.89. The zero-order chi connectivity index (χ0) is 12.0. The van der Waals surface area contributed by atoms with Crippen molar-refractivity contribution in [1.82, 2.24) is 0 Å². The lowest BCUT2D eigenvalue weighted by Crippen LogP contribution is -2.02. The second-order valence-corrected chi connectivity index (χ2v) is 4.16. The number of hydrogen-bond acceptors (Lipinski definition) is 1. The molecule has 0 spiro atoms. The van der Waals surface area contributed by atoms with Gasteiger partial charge in [0.25, 0.3) is 0 Å². The van der Waals surface area contributed by atoms with Crippen LogP contribution in [0.2, 0.25) is 0 Å². The Bertz CT molecular complexity index is 317. The van der Waals surface area contributed by atoms with E-state index in [2.05, 4.69) is 13.8 Å². The van der Waals surface area contributed by atoms with Gasteiger partial charge in [0, 0.05) is 5.56 Å². The van der Waals surface area contributed by atoms with Crippen molar-refractivity contribution in [1.29, 1.82) is 0 Å². The highest BCUT2D eigenvalue weighted by Gasteiger charge is 2.15. The highest BCUT2D eigenvalue weighted by atomic mass is 19.1. The van der Waals surface area contributed by atoms with Crippen LogP contribution in [0.15, 0.2) is 18.2 Å². The van der Waals surface area contributed by atoms with Crippen LogP contribution >= 0.6 is 0 Å². The van der Waals surface area contributed by atoms with E-state index in [0.717, 1.165) is 37.0 Å². The van der Waals surface area contributed by atoms with Gasteiger partial charge in [0.05, 0.1) is 7.11 Å². The second-order valence-electron chi connectivity index (χ2n) is 4.16. The van der Waals surface area contributed by atoms with Crippen LogP contribution in [0, 0.1) is 5.82 Å². The fraction of sp³-hybridized carbons (Fsp3) is 0.571. The third-order valence-corrected chi connectivity index (χ3v) is 2.91. The van der Waals surface area contributed by atoms with Crippen LogP contribution in [0.4, 0.5) is 4.39 Å². The molecule has 2 heteroatoms. The van der Waals surface area contributed by atoms with Crippen molar-refractivity contribution in [3.8, 4) is 5.75 Å². The Kier molecular flexibility index (Phi) is 5.30. The summed E-state index contributed by atoms with van der Waals surface area (Å²) in [6.45, 7) is 4.32. The maximum absolute atomic E-state index is 13.3. The Balaban J connectivity index is 3.00. The zero-order valence-corrected chi connectivity index (χ0v) is 10.4. The molecule has 0 fully saturated rings. The van der Waals surface area contributed by atoms with Crippen molar-refractivity contribution in [3.63, 3.8) is 0 Å². The van der Waals surface area contributed by atoms with E-state index in [4.69, 9.17) is 4.74 Å². The number of methoxy groups -OCH3 is 1. The van der Waals surface area contributed by atoms with E-state index >= 15 is 0 Å². The third-order valence-electron chi connectivity index (χ3n) is 2.91. The topological polar surface area (TPSA) is 9.23 Å². The summed E-state index contributed by atoms with van der Waals surface area (Å²) < 4.78 is 18.6. The van der Waals surface area contributed by atoms with Crippen LogP contribution < -0.4 is 4.74 Å². The Labute approximate surface area is 97.6 Å². The Hall–Kier alpha value is -1.05. The minimum absolute atomic E-state index is 0.173. The molecule has 16 heavy (non-hydrogen) atoms. The molecular formula is C14H21FO. The van der Waals surface area contributed by atoms with E-state index in [1.807, 2.05) is 0 Å². The molecule has 90 valence electrons. The van der Waals surface area contributed by atoms with Crippen molar-refractivity contribution in [2.24, 2.45) is 0 Å². The molecule has 0 aromatic heterocycles. The summed E-state index contributed by atoms with van der Waals surface area (Å²) in [5.74, 6) is 1.06. The molecule has 0 saturated carbocycles. The van der Waals surface area contributed by atoms with E-state index in [0.29, 0.717) is 5.92 Å². The first-order valence-electron chi connectivity index (χ1n) is 6.06. The molecule has 0 aliphatic heterocycles. The first kappa shape index (κ1) is 13.0. The summed E-state index contributed by atoms with van der Waals surface area (Å²) in [5, 5.41) is 0. The highest BCUT2D eigenvalue weighted by molar-refractivity contribution is 5.36. The van der Waals surface area contributed by atoms with Gasteiger partial charge >= 0.3 is 0 Å². The molecule has 1 rings (SSSR count). The molecule has 0 saturated heterocycles. The van der Waals surface area contributed by atoms with Gasteiger partial charge < -0.3 is 4.74 Å². The number of benzene rings is 1. The van der Waals surface area contributed by atoms with Gasteiger partial charge in [0.15, 0.2) is 0 Å². The zero-order valence-electron chi connectivity index (χ0n) is 10.4. The fourth-order valence-corrected chi connectivity index (χ4v) is 2.18. The first-order valence-corrected chi connectivity index (χ1v) is 6.06. The predicted molar refractivity (Wildman–Crippen MR) is 65.5 cm³/mol. The molecule has 1 aromatic carbocycles. The summed E-state index contributed by atoms with van der Waals surface area (Å²) >= 11 is 0. The van der Waals surface area contributed by atoms with E-state index in [9.17, 15) is 4.39 Å². The molecule has 1 nitrogen and oxygen atoms in total. The molecule has 0 radical (unpaired) electrons. The Morgan fingerprint density at radius 3 is 2.31 bits per heavy atom. The maximum Gasteiger partial charge on any atom is 0.123 e. The summed E-state index contributed by atoms with van der Waals surface area (Å²) in [6, 6.07) is 4.80. The number of hydrogen-bond donors (Lipinski definition) is 0. The smallest absolute Gasteiger partial charge is 0.123 e. The standard InChI is InChI=1S/C14H21FO/c1-4-6-11(7-5-2)13-10-12(15)8-9-14(13)16-3/h8-11H,4-7H2,1-3H3. The van der Waals surface area contributed by atoms with Gasteiger partial charge in [-0.15, -0.1) is 0 Å². The molecule has 0 unspecified atom stereocenters. The molecule has 0 N–H and O–H groups in total. The van der Waals surface area contributed by atoms with E-state index in [1.54, 1.807) is 19.2 Å². The van der Waals surface area contributed by atoms with Crippen molar-refractivity contribution < 1.29 is 9.13 Å². The predicted octanol–water partition coefficient (Wildman–Crippen LogP) is 4.52. The average molecular weight is 224 g/mol. The second kappa shape index (κ2) is 6.51. The minimum atomic E-state index is -0.173. The fourth-order valence-electron chi connectivity index (χ4n) is 2.18. The van der Waals surface area contributed by atoms with Crippen molar-refractivity contribution in [2.75, 3.05) is 7.11 Å². The van der Waals surface area contributed by atoms with Crippen LogP contribution in [0.1, 0.15) is 51.0 Å². The van der Waals surface area contributed by atoms with Gasteiger partial charge in [-0.1, -0.05) is 26.7 Å². The summed E-state index contributed by atoms with van der Waals surface area (Å²) in [4.78, 5) is 0. The van der Waals surface area contributed by atoms with Crippen molar-refractivity contribution in [3.05, 3.63) is 29.6 Å². The van der Waals surface area contributed by atoms with Gasteiger partial charge in [-0.2, -0.15) is 0 Å². The van der Waals surface area contributed by atoms with Crippen LogP contribution in [-0.4, -0.2) is 7.11 Å². The molecule has 0 amide bonds. The highest BCUT2D eigenvalue weighted by Crippen LogP contribution is 2.33. The molecule has 0 heterocycles.